The second-order valence-corrected chi connectivity index (χ2v) is 3.90. The predicted octanol–water partition coefficient (Wildman–Crippen LogP) is 2.35. The number of benzene rings is 1. The van der Waals surface area contributed by atoms with Gasteiger partial charge in [-0.1, -0.05) is 19.1 Å². The van der Waals surface area contributed by atoms with Crippen molar-refractivity contribution in [3.8, 4) is 11.1 Å². The Balaban J connectivity index is 2.42. The molecule has 0 radical (unpaired) electrons. The average molecular weight is 230 g/mol. The summed E-state index contributed by atoms with van der Waals surface area (Å²) >= 11 is 0. The molecule has 88 valence electrons. The van der Waals surface area contributed by atoms with Crippen LogP contribution in [-0.4, -0.2) is 20.9 Å². The van der Waals surface area contributed by atoms with Gasteiger partial charge in [0.15, 0.2) is 0 Å². The Morgan fingerprint density at radius 1 is 1.35 bits per heavy atom. The van der Waals surface area contributed by atoms with Gasteiger partial charge in [0.25, 0.3) is 0 Å². The maximum absolute atomic E-state index is 10.8. The van der Waals surface area contributed by atoms with Crippen molar-refractivity contribution in [3.63, 3.8) is 0 Å². The number of nitrogens with zero attached hydrogens (tertiary/aromatic N) is 2. The van der Waals surface area contributed by atoms with Gasteiger partial charge in [0.05, 0.1) is 11.3 Å². The minimum absolute atomic E-state index is 0.302. The van der Waals surface area contributed by atoms with E-state index < -0.39 is 5.97 Å². The zero-order valence-electron chi connectivity index (χ0n) is 9.84. The Morgan fingerprint density at radius 3 is 2.53 bits per heavy atom. The molecule has 4 heteroatoms. The molecule has 1 N–H and O–H groups in total. The van der Waals surface area contributed by atoms with Crippen LogP contribution in [0.5, 0.6) is 0 Å². The molecule has 0 fully saturated rings. The van der Waals surface area contributed by atoms with Crippen LogP contribution in [0.25, 0.3) is 11.1 Å². The van der Waals surface area contributed by atoms with Gasteiger partial charge in [-0.2, -0.15) is 5.10 Å². The van der Waals surface area contributed by atoms with E-state index in [9.17, 15) is 4.79 Å². The van der Waals surface area contributed by atoms with Crippen molar-refractivity contribution in [1.82, 2.24) is 9.78 Å². The molecule has 0 aliphatic carbocycles. The summed E-state index contributed by atoms with van der Waals surface area (Å²) in [6.07, 6.45) is 2.81. The highest BCUT2D eigenvalue weighted by Gasteiger charge is 2.09. The third-order valence-electron chi connectivity index (χ3n) is 2.68. The fourth-order valence-corrected chi connectivity index (χ4v) is 1.83. The zero-order chi connectivity index (χ0) is 12.4. The van der Waals surface area contributed by atoms with E-state index in [1.54, 1.807) is 16.8 Å². The van der Waals surface area contributed by atoms with Crippen LogP contribution >= 0.6 is 0 Å². The Hall–Kier alpha value is -2.10. The maximum atomic E-state index is 10.8. The lowest BCUT2D eigenvalue weighted by Gasteiger charge is -2.01. The predicted molar refractivity (Wildman–Crippen MR) is 65.0 cm³/mol. The number of aromatic nitrogens is 2. The number of hydrogen-bond donors (Lipinski definition) is 1. The fraction of sp³-hybridized carbons (Fsp3) is 0.231. The van der Waals surface area contributed by atoms with E-state index in [2.05, 4.69) is 12.0 Å². The van der Waals surface area contributed by atoms with Gasteiger partial charge in [-0.25, -0.2) is 4.79 Å². The highest BCUT2D eigenvalue weighted by molar-refractivity contribution is 5.88. The van der Waals surface area contributed by atoms with E-state index in [1.165, 1.54) is 0 Å². The molecule has 0 saturated carbocycles. The van der Waals surface area contributed by atoms with E-state index in [1.807, 2.05) is 25.4 Å². The summed E-state index contributed by atoms with van der Waals surface area (Å²) in [5.74, 6) is -0.904. The van der Waals surface area contributed by atoms with Gasteiger partial charge in [0, 0.05) is 18.8 Å². The maximum Gasteiger partial charge on any atom is 0.335 e. The highest BCUT2D eigenvalue weighted by atomic mass is 16.4. The van der Waals surface area contributed by atoms with E-state index in [4.69, 9.17) is 5.11 Å². The Morgan fingerprint density at radius 2 is 2.00 bits per heavy atom. The van der Waals surface area contributed by atoms with E-state index >= 15 is 0 Å². The van der Waals surface area contributed by atoms with Crippen molar-refractivity contribution in [2.45, 2.75) is 13.3 Å². The Bertz CT molecular complexity index is 541. The molecule has 0 aliphatic heterocycles. The van der Waals surface area contributed by atoms with E-state index in [0.717, 1.165) is 23.2 Å². The van der Waals surface area contributed by atoms with Gasteiger partial charge in [0.2, 0.25) is 0 Å². The van der Waals surface area contributed by atoms with Crippen LogP contribution in [-0.2, 0) is 13.5 Å². The zero-order valence-corrected chi connectivity index (χ0v) is 9.84. The van der Waals surface area contributed by atoms with Crippen LogP contribution in [0.4, 0.5) is 0 Å². The molecule has 1 aromatic carbocycles. The first-order valence-electron chi connectivity index (χ1n) is 5.48. The SMILES string of the molecule is CCc1nn(C)cc1-c1ccc(C(=O)O)cc1. The van der Waals surface area contributed by atoms with Crippen LogP contribution in [0.2, 0.25) is 0 Å². The van der Waals surface area contributed by atoms with Gasteiger partial charge in [0.1, 0.15) is 0 Å². The number of rotatable bonds is 3. The largest absolute Gasteiger partial charge is 0.478 e. The van der Waals surface area contributed by atoms with Crippen molar-refractivity contribution in [3.05, 3.63) is 41.7 Å². The number of carboxylic acids is 1. The molecule has 0 atom stereocenters. The number of aryl methyl sites for hydroxylation is 2. The summed E-state index contributed by atoms with van der Waals surface area (Å²) in [7, 11) is 1.88. The van der Waals surface area contributed by atoms with Crippen LogP contribution in [0.1, 0.15) is 23.0 Å². The molecule has 0 aliphatic rings. The molecule has 0 saturated heterocycles. The molecule has 0 amide bonds. The lowest BCUT2D eigenvalue weighted by atomic mass is 10.0. The lowest BCUT2D eigenvalue weighted by molar-refractivity contribution is 0.0697. The first-order chi connectivity index (χ1) is 8.11. The standard InChI is InChI=1S/C13H14N2O2/c1-3-12-11(8-15(2)14-12)9-4-6-10(7-5-9)13(16)17/h4-8H,3H2,1-2H3,(H,16,17). The summed E-state index contributed by atoms with van der Waals surface area (Å²) in [6.45, 7) is 2.05. The van der Waals surface area contributed by atoms with Gasteiger partial charge in [-0.3, -0.25) is 4.68 Å². The Labute approximate surface area is 99.5 Å². The lowest BCUT2D eigenvalue weighted by Crippen LogP contribution is -1.95. The third-order valence-corrected chi connectivity index (χ3v) is 2.68. The number of hydrogen-bond acceptors (Lipinski definition) is 2. The van der Waals surface area contributed by atoms with E-state index in [0.29, 0.717) is 5.56 Å². The van der Waals surface area contributed by atoms with Gasteiger partial charge in [-0.15, -0.1) is 0 Å². The second kappa shape index (κ2) is 4.41. The smallest absolute Gasteiger partial charge is 0.335 e. The molecule has 17 heavy (non-hydrogen) atoms. The van der Waals surface area contributed by atoms with Crippen molar-refractivity contribution in [1.29, 1.82) is 0 Å². The normalized spacial score (nSPS) is 10.5. The highest BCUT2D eigenvalue weighted by Crippen LogP contribution is 2.23. The first kappa shape index (κ1) is 11.4. The van der Waals surface area contributed by atoms with Crippen LogP contribution in [0, 0.1) is 0 Å². The van der Waals surface area contributed by atoms with Crippen molar-refractivity contribution >= 4 is 5.97 Å². The summed E-state index contributed by atoms with van der Waals surface area (Å²) in [5, 5.41) is 13.2. The number of carboxylic acid groups (broad SMARTS) is 1. The third kappa shape index (κ3) is 2.20. The molecular formula is C13H14N2O2. The first-order valence-corrected chi connectivity index (χ1v) is 5.48. The average Bonchev–Trinajstić information content (AvgIpc) is 2.70. The van der Waals surface area contributed by atoms with Crippen molar-refractivity contribution in [2.75, 3.05) is 0 Å². The summed E-state index contributed by atoms with van der Waals surface area (Å²) in [5.41, 5.74) is 3.39. The quantitative estimate of drug-likeness (QED) is 0.880. The summed E-state index contributed by atoms with van der Waals surface area (Å²) in [4.78, 5) is 10.8. The summed E-state index contributed by atoms with van der Waals surface area (Å²) in [6, 6.07) is 6.87. The number of aromatic carboxylic acids is 1. The van der Waals surface area contributed by atoms with Crippen molar-refractivity contribution in [2.24, 2.45) is 7.05 Å². The monoisotopic (exact) mass is 230 g/mol. The molecule has 2 aromatic rings. The minimum atomic E-state index is -0.904. The molecule has 1 heterocycles. The van der Waals surface area contributed by atoms with Crippen molar-refractivity contribution < 1.29 is 9.90 Å². The molecule has 0 unspecified atom stereocenters. The molecule has 4 nitrogen and oxygen atoms in total. The Kier molecular flexibility index (Phi) is 2.95. The molecule has 0 spiro atoms. The summed E-state index contributed by atoms with van der Waals surface area (Å²) < 4.78 is 1.78. The van der Waals surface area contributed by atoms with Gasteiger partial charge in [-0.05, 0) is 24.1 Å². The second-order valence-electron chi connectivity index (χ2n) is 3.90. The fourth-order valence-electron chi connectivity index (χ4n) is 1.83. The van der Waals surface area contributed by atoms with E-state index in [-0.39, 0.29) is 0 Å². The van der Waals surface area contributed by atoms with Gasteiger partial charge < -0.3 is 5.11 Å². The van der Waals surface area contributed by atoms with Gasteiger partial charge >= 0.3 is 5.97 Å². The molecule has 2 rings (SSSR count). The topological polar surface area (TPSA) is 55.1 Å². The minimum Gasteiger partial charge on any atom is -0.478 e. The van der Waals surface area contributed by atoms with Crippen LogP contribution < -0.4 is 0 Å². The number of carbonyl (C=O) groups is 1. The molecular weight excluding hydrogens is 216 g/mol. The molecule has 0 bridgehead atoms. The molecule has 1 aromatic heterocycles. The van der Waals surface area contributed by atoms with Crippen LogP contribution in [0.3, 0.4) is 0 Å². The van der Waals surface area contributed by atoms with Crippen LogP contribution in [0.15, 0.2) is 30.5 Å².